The van der Waals surface area contributed by atoms with Crippen molar-refractivity contribution in [1.29, 1.82) is 0 Å². The number of nitrogens with zero attached hydrogens (tertiary/aromatic N) is 2. The lowest BCUT2D eigenvalue weighted by Crippen LogP contribution is -2.56. The molecule has 0 unspecified atom stereocenters. The summed E-state index contributed by atoms with van der Waals surface area (Å²) in [6.07, 6.45) is 0. The molecule has 0 spiro atoms. The Kier molecular flexibility index (Phi) is 4.54. The number of carbonyl (C=O) groups excluding carboxylic acids is 2. The van der Waals surface area contributed by atoms with Crippen molar-refractivity contribution in [3.05, 3.63) is 82.0 Å². The van der Waals surface area contributed by atoms with Crippen molar-refractivity contribution in [3.8, 4) is 0 Å². The zero-order valence-electron chi connectivity index (χ0n) is 15.3. The van der Waals surface area contributed by atoms with Crippen molar-refractivity contribution in [2.24, 2.45) is 0 Å². The second-order valence-electron chi connectivity index (χ2n) is 6.72. The van der Waals surface area contributed by atoms with Gasteiger partial charge < -0.3 is 4.90 Å². The van der Waals surface area contributed by atoms with Crippen LogP contribution in [0.1, 0.15) is 22.7 Å². The molecule has 2 heterocycles. The maximum absolute atomic E-state index is 13.6. The summed E-state index contributed by atoms with van der Waals surface area (Å²) < 4.78 is 0. The van der Waals surface area contributed by atoms with Crippen LogP contribution < -0.4 is 9.80 Å². The first-order valence-electron chi connectivity index (χ1n) is 8.84. The zero-order chi connectivity index (χ0) is 19.0. The molecule has 0 N–H and O–H groups in total. The molecular weight excluding hydrogens is 356 g/mol. The molecule has 5 heteroatoms. The maximum atomic E-state index is 13.6. The number of aryl methyl sites for hydroxylation is 2. The number of carbonyl (C=O) groups is 2. The van der Waals surface area contributed by atoms with Gasteiger partial charge in [0.2, 0.25) is 5.91 Å². The Bertz CT molecular complexity index is 963. The summed E-state index contributed by atoms with van der Waals surface area (Å²) in [5, 5.41) is 3.88. The van der Waals surface area contributed by atoms with Gasteiger partial charge in [0.15, 0.2) is 0 Å². The molecule has 1 aromatic heterocycles. The quantitative estimate of drug-likeness (QED) is 0.676. The van der Waals surface area contributed by atoms with E-state index in [9.17, 15) is 9.59 Å². The van der Waals surface area contributed by atoms with Crippen LogP contribution in [-0.4, -0.2) is 18.4 Å². The standard InChI is InChI=1S/C22H20N2O2S/c1-15-7-6-8-16(2)20(15)23-13-19(25)24(18-9-4-3-5-10-18)21(22(23)26)17-11-12-27-14-17/h3-12,14,21H,13H2,1-2H3/t21-/m1/s1. The molecule has 27 heavy (non-hydrogen) atoms. The van der Waals surface area contributed by atoms with Gasteiger partial charge in [0, 0.05) is 5.69 Å². The van der Waals surface area contributed by atoms with Gasteiger partial charge >= 0.3 is 0 Å². The highest BCUT2D eigenvalue weighted by Gasteiger charge is 2.42. The topological polar surface area (TPSA) is 40.6 Å². The van der Waals surface area contributed by atoms with Crippen LogP contribution in [0.2, 0.25) is 0 Å². The average molecular weight is 376 g/mol. The summed E-state index contributed by atoms with van der Waals surface area (Å²) in [5.41, 5.74) is 4.41. The van der Waals surface area contributed by atoms with Crippen molar-refractivity contribution in [2.45, 2.75) is 19.9 Å². The average Bonchev–Trinajstić information content (AvgIpc) is 3.18. The molecule has 2 aromatic carbocycles. The summed E-state index contributed by atoms with van der Waals surface area (Å²) in [4.78, 5) is 30.1. The first-order chi connectivity index (χ1) is 13.1. The van der Waals surface area contributed by atoms with Crippen LogP contribution in [-0.2, 0) is 9.59 Å². The number of thiophene rings is 1. The number of para-hydroxylation sites is 2. The van der Waals surface area contributed by atoms with Crippen LogP contribution in [0.15, 0.2) is 65.4 Å². The molecule has 0 aliphatic carbocycles. The fourth-order valence-electron chi connectivity index (χ4n) is 3.72. The molecule has 1 aliphatic rings. The highest BCUT2D eigenvalue weighted by atomic mass is 32.1. The molecule has 4 rings (SSSR count). The van der Waals surface area contributed by atoms with Gasteiger partial charge in [-0.3, -0.25) is 14.5 Å². The van der Waals surface area contributed by atoms with Crippen molar-refractivity contribution >= 4 is 34.5 Å². The van der Waals surface area contributed by atoms with E-state index in [1.165, 1.54) is 11.3 Å². The second-order valence-corrected chi connectivity index (χ2v) is 7.50. The van der Waals surface area contributed by atoms with E-state index in [1.807, 2.05) is 79.2 Å². The molecule has 0 saturated carbocycles. The van der Waals surface area contributed by atoms with Crippen LogP contribution in [0, 0.1) is 13.8 Å². The number of piperazine rings is 1. The number of anilines is 2. The van der Waals surface area contributed by atoms with Gasteiger partial charge in [0.1, 0.15) is 12.6 Å². The summed E-state index contributed by atoms with van der Waals surface area (Å²) in [6.45, 7) is 3.99. The largest absolute Gasteiger partial charge is 0.300 e. The van der Waals surface area contributed by atoms with Gasteiger partial charge in [-0.15, -0.1) is 0 Å². The van der Waals surface area contributed by atoms with Gasteiger partial charge in [0.05, 0.1) is 5.69 Å². The predicted octanol–water partition coefficient (Wildman–Crippen LogP) is 4.49. The fourth-order valence-corrected chi connectivity index (χ4v) is 4.39. The lowest BCUT2D eigenvalue weighted by molar-refractivity contribution is -0.128. The molecule has 1 fully saturated rings. The molecule has 1 atom stereocenters. The lowest BCUT2D eigenvalue weighted by Gasteiger charge is -2.41. The predicted molar refractivity (Wildman–Crippen MR) is 109 cm³/mol. The van der Waals surface area contributed by atoms with Crippen molar-refractivity contribution < 1.29 is 9.59 Å². The van der Waals surface area contributed by atoms with E-state index in [1.54, 1.807) is 9.80 Å². The Morgan fingerprint density at radius 3 is 2.26 bits per heavy atom. The Hall–Kier alpha value is -2.92. The van der Waals surface area contributed by atoms with E-state index in [0.29, 0.717) is 0 Å². The summed E-state index contributed by atoms with van der Waals surface area (Å²) in [7, 11) is 0. The number of rotatable bonds is 3. The highest BCUT2D eigenvalue weighted by molar-refractivity contribution is 7.08. The summed E-state index contributed by atoms with van der Waals surface area (Å²) in [5.74, 6) is -0.158. The molecule has 0 radical (unpaired) electrons. The molecule has 136 valence electrons. The van der Waals surface area contributed by atoms with E-state index in [4.69, 9.17) is 0 Å². The first kappa shape index (κ1) is 17.5. The minimum atomic E-state index is -0.654. The number of benzene rings is 2. The Morgan fingerprint density at radius 2 is 1.63 bits per heavy atom. The Morgan fingerprint density at radius 1 is 0.926 bits per heavy atom. The third-order valence-corrected chi connectivity index (χ3v) is 5.62. The van der Waals surface area contributed by atoms with Crippen molar-refractivity contribution in [2.75, 3.05) is 16.3 Å². The molecule has 3 aromatic rings. The van der Waals surface area contributed by atoms with Crippen LogP contribution in [0.4, 0.5) is 11.4 Å². The van der Waals surface area contributed by atoms with Gasteiger partial charge in [0.25, 0.3) is 5.91 Å². The monoisotopic (exact) mass is 376 g/mol. The van der Waals surface area contributed by atoms with E-state index >= 15 is 0 Å². The summed E-state index contributed by atoms with van der Waals surface area (Å²) >= 11 is 1.53. The van der Waals surface area contributed by atoms with E-state index < -0.39 is 6.04 Å². The maximum Gasteiger partial charge on any atom is 0.255 e. The second kappa shape index (κ2) is 7.00. The van der Waals surface area contributed by atoms with Crippen LogP contribution in [0.25, 0.3) is 0 Å². The molecular formula is C22H20N2O2S. The van der Waals surface area contributed by atoms with Crippen molar-refractivity contribution in [3.63, 3.8) is 0 Å². The number of hydrogen-bond donors (Lipinski definition) is 0. The normalized spacial score (nSPS) is 17.5. The van der Waals surface area contributed by atoms with Gasteiger partial charge in [-0.25, -0.2) is 0 Å². The van der Waals surface area contributed by atoms with Gasteiger partial charge in [-0.2, -0.15) is 11.3 Å². The molecule has 1 aliphatic heterocycles. The van der Waals surface area contributed by atoms with E-state index in [0.717, 1.165) is 28.1 Å². The van der Waals surface area contributed by atoms with Gasteiger partial charge in [-0.05, 0) is 59.5 Å². The van der Waals surface area contributed by atoms with Crippen LogP contribution in [0.3, 0.4) is 0 Å². The smallest absolute Gasteiger partial charge is 0.255 e. The highest BCUT2D eigenvalue weighted by Crippen LogP contribution is 2.37. The van der Waals surface area contributed by atoms with Crippen molar-refractivity contribution in [1.82, 2.24) is 0 Å². The molecule has 0 bridgehead atoms. The third kappa shape index (κ3) is 3.04. The Balaban J connectivity index is 1.83. The Labute approximate surface area is 162 Å². The summed E-state index contributed by atoms with van der Waals surface area (Å²) in [6, 6.07) is 16.6. The van der Waals surface area contributed by atoms with E-state index in [2.05, 4.69) is 0 Å². The molecule has 4 nitrogen and oxygen atoms in total. The van der Waals surface area contributed by atoms with Gasteiger partial charge in [-0.1, -0.05) is 36.4 Å². The van der Waals surface area contributed by atoms with Crippen LogP contribution >= 0.6 is 11.3 Å². The zero-order valence-corrected chi connectivity index (χ0v) is 16.1. The first-order valence-corrected chi connectivity index (χ1v) is 9.79. The number of amides is 2. The minimum Gasteiger partial charge on any atom is -0.300 e. The van der Waals surface area contributed by atoms with E-state index in [-0.39, 0.29) is 18.4 Å². The minimum absolute atomic E-state index is 0.0417. The molecule has 1 saturated heterocycles. The lowest BCUT2D eigenvalue weighted by atomic mass is 10.00. The fraction of sp³-hybridized carbons (Fsp3) is 0.182. The van der Waals surface area contributed by atoms with Crippen LogP contribution in [0.5, 0.6) is 0 Å². The number of hydrogen-bond acceptors (Lipinski definition) is 3. The third-order valence-electron chi connectivity index (χ3n) is 4.92. The molecule has 2 amide bonds. The SMILES string of the molecule is Cc1cccc(C)c1N1CC(=O)N(c2ccccc2)[C@H](c2ccsc2)C1=O.